The molecule has 0 radical (unpaired) electrons. The van der Waals surface area contributed by atoms with Gasteiger partial charge in [0.2, 0.25) is 0 Å². The average Bonchev–Trinajstić information content (AvgIpc) is 2.46. The molecule has 0 N–H and O–H groups in total. The number of rotatable bonds is 5. The number of aliphatic imine (C=N–C) groups is 1. The van der Waals surface area contributed by atoms with Gasteiger partial charge in [0, 0.05) is 5.56 Å². The van der Waals surface area contributed by atoms with Crippen molar-refractivity contribution < 1.29 is 9.53 Å². The minimum atomic E-state index is -0.0939. The fourth-order valence-corrected chi connectivity index (χ4v) is 1.59. The Kier molecular flexibility index (Phi) is 4.56. The summed E-state index contributed by atoms with van der Waals surface area (Å²) in [5.74, 6) is 1.34. The summed E-state index contributed by atoms with van der Waals surface area (Å²) in [4.78, 5) is 15.3. The van der Waals surface area contributed by atoms with Crippen molar-refractivity contribution in [3.05, 3.63) is 60.2 Å². The van der Waals surface area contributed by atoms with E-state index in [2.05, 4.69) is 22.4 Å². The number of nitrogens with zero attached hydrogens (tertiary/aromatic N) is 1. The first kappa shape index (κ1) is 13.1. The normalized spacial score (nSPS) is 9.47. The molecule has 0 unspecified atom stereocenters. The molecule has 0 spiro atoms. The molecule has 19 heavy (non-hydrogen) atoms. The molecule has 0 heterocycles. The average molecular weight is 269 g/mol. The first-order valence-electron chi connectivity index (χ1n) is 5.69. The smallest absolute Gasteiger partial charge is 0.185 e. The lowest BCUT2D eigenvalue weighted by Crippen LogP contribution is -2.02. The highest BCUT2D eigenvalue weighted by Crippen LogP contribution is 2.21. The maximum Gasteiger partial charge on any atom is 0.185 e. The van der Waals surface area contributed by atoms with Gasteiger partial charge in [0.05, 0.1) is 5.16 Å². The topological polar surface area (TPSA) is 38.7 Å². The highest BCUT2D eigenvalue weighted by molar-refractivity contribution is 7.78. The lowest BCUT2D eigenvalue weighted by atomic mass is 10.1. The highest BCUT2D eigenvalue weighted by atomic mass is 32.1. The number of carbonyl (C=O) groups is 1. The second kappa shape index (κ2) is 6.59. The molecule has 0 aromatic heterocycles. The van der Waals surface area contributed by atoms with Crippen LogP contribution in [0.4, 0.5) is 0 Å². The molecule has 0 aliphatic rings. The molecule has 4 heteroatoms. The molecule has 2 aromatic rings. The predicted molar refractivity (Wildman–Crippen MR) is 77.2 cm³/mol. The van der Waals surface area contributed by atoms with Gasteiger partial charge in [0.25, 0.3) is 0 Å². The van der Waals surface area contributed by atoms with Crippen molar-refractivity contribution in [2.75, 3.05) is 6.54 Å². The third kappa shape index (κ3) is 3.85. The van der Waals surface area contributed by atoms with Crippen molar-refractivity contribution in [3.63, 3.8) is 0 Å². The minimum absolute atomic E-state index is 0.0301. The SMILES string of the molecule is O=C(CN=C=S)c1ccc(Oc2ccccc2)cc1. The third-order valence-corrected chi connectivity index (χ3v) is 2.57. The summed E-state index contributed by atoms with van der Waals surface area (Å²) in [7, 11) is 0. The lowest BCUT2D eigenvalue weighted by Gasteiger charge is -2.05. The van der Waals surface area contributed by atoms with Gasteiger partial charge in [0.15, 0.2) is 5.78 Å². The van der Waals surface area contributed by atoms with Gasteiger partial charge < -0.3 is 4.74 Å². The van der Waals surface area contributed by atoms with Gasteiger partial charge in [-0.05, 0) is 48.6 Å². The second-order valence-corrected chi connectivity index (χ2v) is 3.95. The van der Waals surface area contributed by atoms with Crippen LogP contribution >= 0.6 is 12.2 Å². The van der Waals surface area contributed by atoms with Gasteiger partial charge in [-0.1, -0.05) is 18.2 Å². The van der Waals surface area contributed by atoms with Crippen molar-refractivity contribution in [3.8, 4) is 11.5 Å². The fourth-order valence-electron chi connectivity index (χ4n) is 1.53. The summed E-state index contributed by atoms with van der Waals surface area (Å²) in [6.45, 7) is 0.0301. The molecule has 0 saturated carbocycles. The summed E-state index contributed by atoms with van der Waals surface area (Å²) >= 11 is 4.43. The molecule has 3 nitrogen and oxygen atoms in total. The first-order chi connectivity index (χ1) is 9.29. The lowest BCUT2D eigenvalue weighted by molar-refractivity contribution is 0.100. The van der Waals surface area contributed by atoms with E-state index in [9.17, 15) is 4.79 Å². The Bertz CT molecular complexity index is 602. The molecule has 2 rings (SSSR count). The van der Waals surface area contributed by atoms with Crippen LogP contribution in [-0.4, -0.2) is 17.5 Å². The molecule has 2 aromatic carbocycles. The van der Waals surface area contributed by atoms with Gasteiger partial charge in [-0.15, -0.1) is 0 Å². The Morgan fingerprint density at radius 1 is 1.05 bits per heavy atom. The van der Waals surface area contributed by atoms with E-state index >= 15 is 0 Å². The molecule has 0 saturated heterocycles. The summed E-state index contributed by atoms with van der Waals surface area (Å²) in [6, 6.07) is 16.4. The Morgan fingerprint density at radius 3 is 2.32 bits per heavy atom. The van der Waals surface area contributed by atoms with Crippen LogP contribution in [0.25, 0.3) is 0 Å². The highest BCUT2D eigenvalue weighted by Gasteiger charge is 2.05. The zero-order valence-electron chi connectivity index (χ0n) is 10.1. The van der Waals surface area contributed by atoms with Crippen LogP contribution in [0.2, 0.25) is 0 Å². The molecule has 0 bridgehead atoms. The van der Waals surface area contributed by atoms with E-state index in [4.69, 9.17) is 4.74 Å². The Labute approximate surface area is 116 Å². The van der Waals surface area contributed by atoms with Crippen molar-refractivity contribution in [2.24, 2.45) is 4.99 Å². The zero-order chi connectivity index (χ0) is 13.5. The van der Waals surface area contributed by atoms with Gasteiger partial charge >= 0.3 is 0 Å². The number of carbonyl (C=O) groups excluding carboxylic acids is 1. The summed E-state index contributed by atoms with van der Waals surface area (Å²) in [5, 5.41) is 2.18. The number of isothiocyanates is 1. The maximum absolute atomic E-state index is 11.7. The van der Waals surface area contributed by atoms with E-state index in [1.807, 2.05) is 30.3 Å². The number of hydrogen-bond acceptors (Lipinski definition) is 4. The van der Waals surface area contributed by atoms with Crippen molar-refractivity contribution in [1.82, 2.24) is 0 Å². The van der Waals surface area contributed by atoms with Crippen molar-refractivity contribution in [2.45, 2.75) is 0 Å². The molecule has 94 valence electrons. The summed E-state index contributed by atoms with van der Waals surface area (Å²) in [5.41, 5.74) is 0.578. The molecule has 0 aliphatic carbocycles. The Morgan fingerprint density at radius 2 is 1.68 bits per heavy atom. The number of ketones is 1. The van der Waals surface area contributed by atoms with Gasteiger partial charge in [-0.2, -0.15) is 0 Å². The van der Waals surface area contributed by atoms with E-state index in [-0.39, 0.29) is 12.3 Å². The van der Waals surface area contributed by atoms with Crippen LogP contribution in [0, 0.1) is 0 Å². The van der Waals surface area contributed by atoms with Crippen LogP contribution in [-0.2, 0) is 0 Å². The molecular formula is C15H11NO2S. The predicted octanol–water partition coefficient (Wildman–Crippen LogP) is 3.76. The molecular weight excluding hydrogens is 258 g/mol. The molecule has 0 aliphatic heterocycles. The first-order valence-corrected chi connectivity index (χ1v) is 6.10. The maximum atomic E-state index is 11.7. The van der Waals surface area contributed by atoms with Crippen LogP contribution in [0.15, 0.2) is 59.6 Å². The second-order valence-electron chi connectivity index (χ2n) is 3.77. The van der Waals surface area contributed by atoms with Crippen molar-refractivity contribution >= 4 is 23.2 Å². The number of Topliss-reactive ketones (excluding diaryl/α,β-unsaturated/α-hetero) is 1. The van der Waals surface area contributed by atoms with Gasteiger partial charge in [-0.3, -0.25) is 4.79 Å². The number of hydrogen-bond donors (Lipinski definition) is 0. The van der Waals surface area contributed by atoms with Crippen LogP contribution in [0.1, 0.15) is 10.4 Å². The molecule has 0 fully saturated rings. The van der Waals surface area contributed by atoms with E-state index in [0.717, 1.165) is 5.75 Å². The van der Waals surface area contributed by atoms with E-state index in [1.165, 1.54) is 0 Å². The van der Waals surface area contributed by atoms with Crippen LogP contribution in [0.3, 0.4) is 0 Å². The molecule has 0 atom stereocenters. The minimum Gasteiger partial charge on any atom is -0.457 e. The number of para-hydroxylation sites is 1. The summed E-state index contributed by atoms with van der Waals surface area (Å²) < 4.78 is 5.63. The standard InChI is InChI=1S/C15H11NO2S/c17-15(10-16-11-19)12-6-8-14(9-7-12)18-13-4-2-1-3-5-13/h1-9H,10H2. The fraction of sp³-hybridized carbons (Fsp3) is 0.0667. The number of thiocarbonyl (C=S) groups is 1. The quantitative estimate of drug-likeness (QED) is 0.471. The van der Waals surface area contributed by atoms with Crippen LogP contribution in [0.5, 0.6) is 11.5 Å². The van der Waals surface area contributed by atoms with E-state index in [1.54, 1.807) is 24.3 Å². The number of benzene rings is 2. The third-order valence-electron chi connectivity index (χ3n) is 2.44. The van der Waals surface area contributed by atoms with E-state index < -0.39 is 0 Å². The largest absolute Gasteiger partial charge is 0.457 e. The monoisotopic (exact) mass is 269 g/mol. The number of ether oxygens (including phenoxy) is 1. The van der Waals surface area contributed by atoms with E-state index in [0.29, 0.717) is 11.3 Å². The van der Waals surface area contributed by atoms with Gasteiger partial charge in [-0.25, -0.2) is 4.99 Å². The van der Waals surface area contributed by atoms with Gasteiger partial charge in [0.1, 0.15) is 18.0 Å². The van der Waals surface area contributed by atoms with Crippen LogP contribution < -0.4 is 4.74 Å². The Balaban J connectivity index is 2.06. The Hall–Kier alpha value is -2.29. The van der Waals surface area contributed by atoms with Crippen molar-refractivity contribution in [1.29, 1.82) is 0 Å². The summed E-state index contributed by atoms with van der Waals surface area (Å²) in [6.07, 6.45) is 0. The molecule has 0 amide bonds. The zero-order valence-corrected chi connectivity index (χ0v) is 10.9.